The number of fused-ring (bicyclic) bond motifs is 1. The number of phenolic OH excluding ortho intramolecular Hbond substituents is 3. The molecule has 3 rings (SSSR count). The van der Waals surface area contributed by atoms with Crippen LogP contribution in [0.4, 0.5) is 0 Å². The Morgan fingerprint density at radius 1 is 1.04 bits per heavy atom. The Labute approximate surface area is 137 Å². The predicted octanol–water partition coefficient (Wildman–Crippen LogP) is 3.37. The molecule has 0 fully saturated rings. The fourth-order valence-electron chi connectivity index (χ4n) is 2.40. The van der Waals surface area contributed by atoms with Crippen molar-refractivity contribution < 1.29 is 24.5 Å². The van der Waals surface area contributed by atoms with Crippen molar-refractivity contribution in [3.8, 4) is 34.3 Å². The molecule has 1 aromatic heterocycles. The number of rotatable bonds is 4. The van der Waals surface area contributed by atoms with Gasteiger partial charge in [-0.3, -0.25) is 4.79 Å². The number of benzene rings is 2. The minimum absolute atomic E-state index is 0.0105. The summed E-state index contributed by atoms with van der Waals surface area (Å²) in [5.74, 6) is -0.0840. The quantitative estimate of drug-likeness (QED) is 0.679. The van der Waals surface area contributed by atoms with Crippen molar-refractivity contribution in [2.24, 2.45) is 0 Å². The second-order valence-corrected chi connectivity index (χ2v) is 5.34. The highest BCUT2D eigenvalue weighted by Gasteiger charge is 2.13. The van der Waals surface area contributed by atoms with Gasteiger partial charge in [-0.2, -0.15) is 0 Å². The van der Waals surface area contributed by atoms with Crippen LogP contribution < -0.4 is 10.2 Å². The molecule has 3 N–H and O–H groups in total. The van der Waals surface area contributed by atoms with Crippen molar-refractivity contribution in [2.75, 3.05) is 6.61 Å². The van der Waals surface area contributed by atoms with Gasteiger partial charge in [0.15, 0.2) is 16.9 Å². The summed E-state index contributed by atoms with van der Waals surface area (Å²) in [7, 11) is 0. The summed E-state index contributed by atoms with van der Waals surface area (Å²) in [6.07, 6.45) is 0.813. The molecule has 0 atom stereocenters. The zero-order chi connectivity index (χ0) is 17.3. The number of ether oxygens (including phenoxy) is 1. The molecule has 6 nitrogen and oxygen atoms in total. The third-order valence-electron chi connectivity index (χ3n) is 3.50. The molecule has 0 aliphatic rings. The molecule has 0 amide bonds. The third kappa shape index (κ3) is 2.86. The maximum Gasteiger partial charge on any atom is 0.197 e. The molecule has 1 heterocycles. The van der Waals surface area contributed by atoms with E-state index in [4.69, 9.17) is 9.15 Å². The first kappa shape index (κ1) is 15.7. The van der Waals surface area contributed by atoms with Crippen LogP contribution in [0.2, 0.25) is 0 Å². The second kappa shape index (κ2) is 6.16. The van der Waals surface area contributed by atoms with Crippen molar-refractivity contribution in [3.05, 3.63) is 46.6 Å². The van der Waals surface area contributed by atoms with E-state index in [0.717, 1.165) is 12.5 Å². The molecule has 0 aliphatic carbocycles. The van der Waals surface area contributed by atoms with Crippen molar-refractivity contribution in [3.63, 3.8) is 0 Å². The van der Waals surface area contributed by atoms with Gasteiger partial charge in [0.25, 0.3) is 0 Å². The van der Waals surface area contributed by atoms with Crippen molar-refractivity contribution in [1.82, 2.24) is 0 Å². The second-order valence-electron chi connectivity index (χ2n) is 5.34. The molecule has 0 radical (unpaired) electrons. The van der Waals surface area contributed by atoms with Gasteiger partial charge in [0.05, 0.1) is 6.61 Å². The molecule has 0 aliphatic heterocycles. The zero-order valence-corrected chi connectivity index (χ0v) is 12.9. The molecule has 0 bridgehead atoms. The molecule has 2 aromatic carbocycles. The summed E-state index contributed by atoms with van der Waals surface area (Å²) >= 11 is 0. The molecular weight excluding hydrogens is 312 g/mol. The third-order valence-corrected chi connectivity index (χ3v) is 3.50. The van der Waals surface area contributed by atoms with E-state index in [-0.39, 0.29) is 34.0 Å². The molecule has 0 unspecified atom stereocenters. The van der Waals surface area contributed by atoms with E-state index >= 15 is 0 Å². The Morgan fingerprint density at radius 3 is 2.54 bits per heavy atom. The van der Waals surface area contributed by atoms with Crippen LogP contribution in [0.3, 0.4) is 0 Å². The fourth-order valence-corrected chi connectivity index (χ4v) is 2.40. The predicted molar refractivity (Wildman–Crippen MR) is 88.7 cm³/mol. The molecule has 24 heavy (non-hydrogen) atoms. The highest BCUT2D eigenvalue weighted by atomic mass is 16.5. The van der Waals surface area contributed by atoms with Gasteiger partial charge in [-0.15, -0.1) is 0 Å². The summed E-state index contributed by atoms with van der Waals surface area (Å²) in [5.41, 5.74) is 0.0773. The first-order chi connectivity index (χ1) is 11.5. The molecule has 0 saturated carbocycles. The van der Waals surface area contributed by atoms with Crippen LogP contribution in [0.5, 0.6) is 23.0 Å². The fraction of sp³-hybridized carbons (Fsp3) is 0.167. The highest BCUT2D eigenvalue weighted by molar-refractivity contribution is 5.86. The van der Waals surface area contributed by atoms with Crippen molar-refractivity contribution >= 4 is 11.0 Å². The number of aromatic hydroxyl groups is 3. The van der Waals surface area contributed by atoms with E-state index in [1.807, 2.05) is 6.92 Å². The summed E-state index contributed by atoms with van der Waals surface area (Å²) < 4.78 is 11.0. The van der Waals surface area contributed by atoms with Gasteiger partial charge in [0.2, 0.25) is 0 Å². The van der Waals surface area contributed by atoms with Crippen LogP contribution in [-0.4, -0.2) is 21.9 Å². The first-order valence-electron chi connectivity index (χ1n) is 7.45. The molecule has 3 aromatic rings. The molecule has 124 valence electrons. The zero-order valence-electron chi connectivity index (χ0n) is 12.9. The van der Waals surface area contributed by atoms with Crippen molar-refractivity contribution in [1.29, 1.82) is 0 Å². The standard InChI is InChI=1S/C18H16O6/c1-2-5-23-15-4-3-10(6-12(15)20)16-9-14(22)18-13(21)7-11(19)8-17(18)24-16/h3-4,6-9,19-21H,2,5H2,1H3. The lowest BCUT2D eigenvalue weighted by molar-refractivity contribution is 0.299. The van der Waals surface area contributed by atoms with E-state index < -0.39 is 5.43 Å². The van der Waals surface area contributed by atoms with Crippen LogP contribution in [0.1, 0.15) is 13.3 Å². The molecule has 0 spiro atoms. The van der Waals surface area contributed by atoms with E-state index in [2.05, 4.69) is 0 Å². The van der Waals surface area contributed by atoms with Gasteiger partial charge in [0, 0.05) is 23.8 Å². The summed E-state index contributed by atoms with van der Waals surface area (Å²) in [4.78, 5) is 12.2. The Morgan fingerprint density at radius 2 is 1.83 bits per heavy atom. The van der Waals surface area contributed by atoms with Gasteiger partial charge in [-0.05, 0) is 24.6 Å². The van der Waals surface area contributed by atoms with Crippen LogP contribution >= 0.6 is 0 Å². The number of hydrogen-bond donors (Lipinski definition) is 3. The number of hydrogen-bond acceptors (Lipinski definition) is 6. The monoisotopic (exact) mass is 328 g/mol. The molecule has 0 saturated heterocycles. The average molecular weight is 328 g/mol. The highest BCUT2D eigenvalue weighted by Crippen LogP contribution is 2.34. The lowest BCUT2D eigenvalue weighted by Crippen LogP contribution is -2.01. The lowest BCUT2D eigenvalue weighted by atomic mass is 10.1. The first-order valence-corrected chi connectivity index (χ1v) is 7.45. The Bertz CT molecular complexity index is 958. The van der Waals surface area contributed by atoms with Crippen LogP contribution in [0, 0.1) is 0 Å². The van der Waals surface area contributed by atoms with Crippen molar-refractivity contribution in [2.45, 2.75) is 13.3 Å². The normalized spacial score (nSPS) is 10.9. The molecular formula is C18H16O6. The van der Waals surface area contributed by atoms with E-state index in [0.29, 0.717) is 17.9 Å². The van der Waals surface area contributed by atoms with Gasteiger partial charge in [0.1, 0.15) is 28.2 Å². The topological polar surface area (TPSA) is 100 Å². The Hall–Kier alpha value is -3.15. The summed E-state index contributed by atoms with van der Waals surface area (Å²) in [5, 5.41) is 29.3. The Balaban J connectivity index is 2.10. The maximum absolute atomic E-state index is 12.2. The smallest absolute Gasteiger partial charge is 0.197 e. The summed E-state index contributed by atoms with van der Waals surface area (Å²) in [6.45, 7) is 2.44. The van der Waals surface area contributed by atoms with E-state index in [1.165, 1.54) is 18.2 Å². The Kier molecular flexibility index (Phi) is 4.04. The van der Waals surface area contributed by atoms with E-state index in [1.54, 1.807) is 12.1 Å². The molecule has 6 heteroatoms. The lowest BCUT2D eigenvalue weighted by Gasteiger charge is -2.09. The largest absolute Gasteiger partial charge is 0.508 e. The number of phenols is 3. The van der Waals surface area contributed by atoms with Gasteiger partial charge >= 0.3 is 0 Å². The van der Waals surface area contributed by atoms with Crippen LogP contribution in [0.25, 0.3) is 22.3 Å². The SMILES string of the molecule is CCCOc1ccc(-c2cc(=O)c3c(O)cc(O)cc3o2)cc1O. The minimum Gasteiger partial charge on any atom is -0.508 e. The van der Waals surface area contributed by atoms with Crippen LogP contribution in [-0.2, 0) is 0 Å². The van der Waals surface area contributed by atoms with E-state index in [9.17, 15) is 20.1 Å². The average Bonchev–Trinajstić information content (AvgIpc) is 2.52. The van der Waals surface area contributed by atoms with Gasteiger partial charge in [-0.25, -0.2) is 0 Å². The minimum atomic E-state index is -0.449. The maximum atomic E-state index is 12.2. The van der Waals surface area contributed by atoms with Crippen LogP contribution in [0.15, 0.2) is 45.6 Å². The van der Waals surface area contributed by atoms with Gasteiger partial charge < -0.3 is 24.5 Å². The summed E-state index contributed by atoms with van der Waals surface area (Å²) in [6, 6.07) is 8.21. The van der Waals surface area contributed by atoms with Gasteiger partial charge in [-0.1, -0.05) is 6.92 Å².